The molecule has 0 aromatic heterocycles. The number of methoxy groups -OCH3 is 1. The van der Waals surface area contributed by atoms with Crippen LogP contribution in [0.2, 0.25) is 5.02 Å². The fourth-order valence-electron chi connectivity index (χ4n) is 2.41. The Morgan fingerprint density at radius 2 is 2.04 bits per heavy atom. The van der Waals surface area contributed by atoms with Gasteiger partial charge in [-0.2, -0.15) is 0 Å². The number of halogens is 1. The van der Waals surface area contributed by atoms with Gasteiger partial charge in [-0.15, -0.1) is 11.8 Å². The molecule has 2 aromatic rings. The molecule has 130 valence electrons. The van der Waals surface area contributed by atoms with Gasteiger partial charge in [-0.25, -0.2) is 4.79 Å². The lowest BCUT2D eigenvalue weighted by molar-refractivity contribution is -0.116. The zero-order chi connectivity index (χ0) is 18.0. The highest BCUT2D eigenvalue weighted by molar-refractivity contribution is 8.00. The van der Waals surface area contributed by atoms with Crippen LogP contribution in [0.5, 0.6) is 5.75 Å². The van der Waals surface area contributed by atoms with Crippen LogP contribution in [0.4, 0.5) is 21.9 Å². The maximum absolute atomic E-state index is 12.3. The highest BCUT2D eigenvalue weighted by Crippen LogP contribution is 2.36. The third-order valence-electron chi connectivity index (χ3n) is 3.71. The van der Waals surface area contributed by atoms with E-state index in [1.807, 2.05) is 6.07 Å². The number of carbonyl (C=O) groups is 2. The standard InChI is InChI=1S/C17H16ClN3O3S/c1-21-13-8-11(4-6-15(13)25-9-16(21)22)19-17(23)20-12-7-10(18)3-5-14(12)24-2/h3-8H,9H2,1-2H3,(H2,19,20,23). The normalized spacial score (nSPS) is 13.2. The average molecular weight is 378 g/mol. The molecule has 0 fully saturated rings. The van der Waals surface area contributed by atoms with Crippen molar-refractivity contribution in [2.45, 2.75) is 4.90 Å². The van der Waals surface area contributed by atoms with Crippen LogP contribution in [0, 0.1) is 0 Å². The molecule has 25 heavy (non-hydrogen) atoms. The molecule has 0 radical (unpaired) electrons. The van der Waals surface area contributed by atoms with Crippen molar-refractivity contribution in [3.05, 3.63) is 41.4 Å². The van der Waals surface area contributed by atoms with E-state index in [-0.39, 0.29) is 5.91 Å². The molecule has 3 rings (SSSR count). The van der Waals surface area contributed by atoms with Gasteiger partial charge in [0, 0.05) is 22.7 Å². The summed E-state index contributed by atoms with van der Waals surface area (Å²) < 4.78 is 5.20. The highest BCUT2D eigenvalue weighted by Gasteiger charge is 2.21. The number of benzene rings is 2. The first kappa shape index (κ1) is 17.4. The van der Waals surface area contributed by atoms with E-state index in [0.29, 0.717) is 27.9 Å². The van der Waals surface area contributed by atoms with Crippen molar-refractivity contribution < 1.29 is 14.3 Å². The molecule has 2 aromatic carbocycles. The summed E-state index contributed by atoms with van der Waals surface area (Å²) in [6.07, 6.45) is 0. The summed E-state index contributed by atoms with van der Waals surface area (Å²) in [5.74, 6) is 0.959. The molecule has 0 atom stereocenters. The van der Waals surface area contributed by atoms with Crippen molar-refractivity contribution in [2.75, 3.05) is 35.4 Å². The Labute approximate surface area is 154 Å². The maximum atomic E-state index is 12.3. The minimum atomic E-state index is -0.432. The maximum Gasteiger partial charge on any atom is 0.323 e. The van der Waals surface area contributed by atoms with E-state index in [0.717, 1.165) is 10.6 Å². The number of amides is 3. The monoisotopic (exact) mass is 377 g/mol. The smallest absolute Gasteiger partial charge is 0.323 e. The van der Waals surface area contributed by atoms with Crippen molar-refractivity contribution >= 4 is 52.4 Å². The Balaban J connectivity index is 1.76. The van der Waals surface area contributed by atoms with Crippen molar-refractivity contribution in [2.24, 2.45) is 0 Å². The third kappa shape index (κ3) is 3.83. The topological polar surface area (TPSA) is 70.7 Å². The molecule has 0 saturated heterocycles. The number of hydrogen-bond donors (Lipinski definition) is 2. The van der Waals surface area contributed by atoms with Gasteiger partial charge in [-0.3, -0.25) is 4.79 Å². The van der Waals surface area contributed by atoms with Crippen LogP contribution < -0.4 is 20.3 Å². The predicted octanol–water partition coefficient (Wildman–Crippen LogP) is 4.06. The number of anilines is 3. The molecule has 1 aliphatic heterocycles. The third-order valence-corrected chi connectivity index (χ3v) is 5.00. The molecular weight excluding hydrogens is 362 g/mol. The number of thioether (sulfide) groups is 1. The molecule has 0 spiro atoms. The zero-order valence-electron chi connectivity index (χ0n) is 13.6. The predicted molar refractivity (Wildman–Crippen MR) is 101 cm³/mol. The van der Waals surface area contributed by atoms with Gasteiger partial charge in [0.05, 0.1) is 24.2 Å². The first-order valence-electron chi connectivity index (χ1n) is 7.43. The van der Waals surface area contributed by atoms with Gasteiger partial charge in [0.15, 0.2) is 0 Å². The lowest BCUT2D eigenvalue weighted by Gasteiger charge is -2.25. The van der Waals surface area contributed by atoms with Crippen LogP contribution in [-0.4, -0.2) is 31.8 Å². The number of urea groups is 1. The van der Waals surface area contributed by atoms with E-state index in [1.165, 1.54) is 18.9 Å². The van der Waals surface area contributed by atoms with Crippen LogP contribution >= 0.6 is 23.4 Å². The molecule has 1 heterocycles. The molecule has 0 saturated carbocycles. The van der Waals surface area contributed by atoms with E-state index in [1.54, 1.807) is 42.3 Å². The van der Waals surface area contributed by atoms with Crippen molar-refractivity contribution in [3.8, 4) is 5.75 Å². The van der Waals surface area contributed by atoms with Crippen molar-refractivity contribution in [1.82, 2.24) is 0 Å². The van der Waals surface area contributed by atoms with Gasteiger partial charge < -0.3 is 20.3 Å². The molecule has 0 bridgehead atoms. The average Bonchev–Trinajstić information content (AvgIpc) is 2.59. The Bertz CT molecular complexity index is 844. The SMILES string of the molecule is COc1ccc(Cl)cc1NC(=O)Nc1ccc2c(c1)N(C)C(=O)CS2. The van der Waals surface area contributed by atoms with Crippen LogP contribution in [0.1, 0.15) is 0 Å². The second-order valence-corrected chi connectivity index (χ2v) is 6.80. The highest BCUT2D eigenvalue weighted by atomic mass is 35.5. The van der Waals surface area contributed by atoms with E-state index in [4.69, 9.17) is 16.3 Å². The summed E-state index contributed by atoms with van der Waals surface area (Å²) in [4.78, 5) is 26.7. The number of rotatable bonds is 3. The van der Waals surface area contributed by atoms with Crippen molar-refractivity contribution in [1.29, 1.82) is 0 Å². The van der Waals surface area contributed by atoms with E-state index in [2.05, 4.69) is 10.6 Å². The number of ether oxygens (including phenoxy) is 1. The molecule has 3 amide bonds. The summed E-state index contributed by atoms with van der Waals surface area (Å²) in [7, 11) is 3.24. The number of nitrogens with one attached hydrogen (secondary N) is 2. The summed E-state index contributed by atoms with van der Waals surface area (Å²) in [5, 5.41) is 5.94. The van der Waals surface area contributed by atoms with Gasteiger partial charge >= 0.3 is 6.03 Å². The quantitative estimate of drug-likeness (QED) is 0.846. The fourth-order valence-corrected chi connectivity index (χ4v) is 3.57. The van der Waals surface area contributed by atoms with Gasteiger partial charge in [-0.1, -0.05) is 11.6 Å². The van der Waals surface area contributed by atoms with E-state index >= 15 is 0 Å². The summed E-state index contributed by atoms with van der Waals surface area (Å²) in [6.45, 7) is 0. The van der Waals surface area contributed by atoms with E-state index in [9.17, 15) is 9.59 Å². The second-order valence-electron chi connectivity index (χ2n) is 5.35. The van der Waals surface area contributed by atoms with Crippen molar-refractivity contribution in [3.63, 3.8) is 0 Å². The van der Waals surface area contributed by atoms with Gasteiger partial charge in [0.1, 0.15) is 5.75 Å². The first-order valence-corrected chi connectivity index (χ1v) is 8.79. The largest absolute Gasteiger partial charge is 0.495 e. The Kier molecular flexibility index (Phi) is 5.06. The molecule has 6 nitrogen and oxygen atoms in total. The van der Waals surface area contributed by atoms with E-state index < -0.39 is 6.03 Å². The number of fused-ring (bicyclic) bond motifs is 1. The van der Waals surface area contributed by atoms with Gasteiger partial charge in [0.2, 0.25) is 5.91 Å². The zero-order valence-corrected chi connectivity index (χ0v) is 15.2. The Hall–Kier alpha value is -2.38. The molecule has 8 heteroatoms. The number of carbonyl (C=O) groups excluding carboxylic acids is 2. The minimum absolute atomic E-state index is 0.0303. The fraction of sp³-hybridized carbons (Fsp3) is 0.176. The first-order chi connectivity index (χ1) is 12.0. The number of nitrogens with zero attached hydrogens (tertiary/aromatic N) is 1. The lowest BCUT2D eigenvalue weighted by atomic mass is 10.2. The number of hydrogen-bond acceptors (Lipinski definition) is 4. The summed E-state index contributed by atoms with van der Waals surface area (Å²) in [6, 6.07) is 9.98. The molecule has 0 unspecified atom stereocenters. The Morgan fingerprint density at radius 1 is 1.24 bits per heavy atom. The van der Waals surface area contributed by atoms with Gasteiger partial charge in [-0.05, 0) is 36.4 Å². The molecular formula is C17H16ClN3O3S. The molecule has 2 N–H and O–H groups in total. The molecule has 1 aliphatic rings. The summed E-state index contributed by atoms with van der Waals surface area (Å²) in [5.41, 5.74) is 1.83. The van der Waals surface area contributed by atoms with Crippen LogP contribution in [0.3, 0.4) is 0 Å². The summed E-state index contributed by atoms with van der Waals surface area (Å²) >= 11 is 7.45. The van der Waals surface area contributed by atoms with Crippen LogP contribution in [0.25, 0.3) is 0 Å². The van der Waals surface area contributed by atoms with Gasteiger partial charge in [0.25, 0.3) is 0 Å². The van der Waals surface area contributed by atoms with Crippen LogP contribution in [-0.2, 0) is 4.79 Å². The van der Waals surface area contributed by atoms with Crippen LogP contribution in [0.15, 0.2) is 41.3 Å². The second kappa shape index (κ2) is 7.25. The Morgan fingerprint density at radius 3 is 2.80 bits per heavy atom. The molecule has 0 aliphatic carbocycles. The lowest BCUT2D eigenvalue weighted by Crippen LogP contribution is -2.31. The minimum Gasteiger partial charge on any atom is -0.495 e.